The Balaban J connectivity index is 1.40. The second kappa shape index (κ2) is 9.31. The highest BCUT2D eigenvalue weighted by atomic mass is 16.5. The van der Waals surface area contributed by atoms with E-state index in [1.165, 1.54) is 63.7 Å². The van der Waals surface area contributed by atoms with Gasteiger partial charge >= 0.3 is 0 Å². The van der Waals surface area contributed by atoms with Crippen molar-refractivity contribution in [2.75, 3.05) is 37.7 Å². The molecule has 0 radical (unpaired) electrons. The number of ether oxygens (including phenoxy) is 1. The molecule has 2 aliphatic rings. The fraction of sp³-hybridized carbons (Fsp3) is 0.714. The van der Waals surface area contributed by atoms with Gasteiger partial charge in [-0.1, -0.05) is 39.0 Å². The van der Waals surface area contributed by atoms with Gasteiger partial charge in [0.15, 0.2) is 0 Å². The molecule has 1 unspecified atom stereocenters. The molecule has 1 saturated heterocycles. The van der Waals surface area contributed by atoms with Crippen molar-refractivity contribution >= 4 is 5.69 Å². The van der Waals surface area contributed by atoms with E-state index in [2.05, 4.69) is 41.4 Å². The lowest BCUT2D eigenvalue weighted by Crippen LogP contribution is -2.26. The van der Waals surface area contributed by atoms with Crippen molar-refractivity contribution in [1.82, 2.24) is 5.32 Å². The van der Waals surface area contributed by atoms with Gasteiger partial charge in [-0.25, -0.2) is 0 Å². The summed E-state index contributed by atoms with van der Waals surface area (Å²) in [6, 6.07) is 8.75. The van der Waals surface area contributed by atoms with Crippen LogP contribution in [0.3, 0.4) is 0 Å². The highest BCUT2D eigenvalue weighted by molar-refractivity contribution is 5.49. The normalized spacial score (nSPS) is 22.0. The van der Waals surface area contributed by atoms with Gasteiger partial charge in [0, 0.05) is 18.8 Å². The van der Waals surface area contributed by atoms with Gasteiger partial charge in [-0.15, -0.1) is 0 Å². The maximum Gasteiger partial charge on any atom is 0.119 e. The molecule has 1 aliphatic heterocycles. The molecule has 0 amide bonds. The van der Waals surface area contributed by atoms with Crippen molar-refractivity contribution in [1.29, 1.82) is 0 Å². The number of hydrogen-bond acceptors (Lipinski definition) is 3. The van der Waals surface area contributed by atoms with E-state index in [-0.39, 0.29) is 0 Å². The average molecular weight is 331 g/mol. The molecule has 3 heteroatoms. The summed E-state index contributed by atoms with van der Waals surface area (Å²) in [4.78, 5) is 2.51. The monoisotopic (exact) mass is 330 g/mol. The van der Waals surface area contributed by atoms with E-state index < -0.39 is 0 Å². The molecule has 1 aliphatic carbocycles. The van der Waals surface area contributed by atoms with Gasteiger partial charge < -0.3 is 15.0 Å². The number of nitrogens with one attached hydrogen (secondary N) is 1. The van der Waals surface area contributed by atoms with Crippen LogP contribution in [-0.4, -0.2) is 32.8 Å². The molecule has 0 spiro atoms. The smallest absolute Gasteiger partial charge is 0.119 e. The first-order valence-electron chi connectivity index (χ1n) is 10.0. The van der Waals surface area contributed by atoms with Crippen LogP contribution >= 0.6 is 0 Å². The first-order chi connectivity index (χ1) is 11.8. The SMILES string of the molecule is CCNCC1CCN(c2ccc(OCCC3CCCCC3)cc2)C1. The zero-order valence-electron chi connectivity index (χ0n) is 15.3. The van der Waals surface area contributed by atoms with Crippen LogP contribution in [0.25, 0.3) is 0 Å². The highest BCUT2D eigenvalue weighted by Gasteiger charge is 2.22. The Morgan fingerprint density at radius 3 is 2.58 bits per heavy atom. The zero-order chi connectivity index (χ0) is 16.6. The molecule has 2 fully saturated rings. The third-order valence-corrected chi connectivity index (χ3v) is 5.69. The summed E-state index contributed by atoms with van der Waals surface area (Å²) >= 11 is 0. The van der Waals surface area contributed by atoms with Crippen molar-refractivity contribution < 1.29 is 4.74 Å². The van der Waals surface area contributed by atoms with Gasteiger partial charge in [0.25, 0.3) is 0 Å². The minimum Gasteiger partial charge on any atom is -0.494 e. The maximum absolute atomic E-state index is 5.97. The highest BCUT2D eigenvalue weighted by Crippen LogP contribution is 2.28. The van der Waals surface area contributed by atoms with E-state index in [1.807, 2.05) is 0 Å². The molecular weight excluding hydrogens is 296 g/mol. The second-order valence-corrected chi connectivity index (χ2v) is 7.54. The third-order valence-electron chi connectivity index (χ3n) is 5.69. The van der Waals surface area contributed by atoms with Crippen molar-refractivity contribution in [2.24, 2.45) is 11.8 Å². The van der Waals surface area contributed by atoms with Gasteiger partial charge in [0.1, 0.15) is 5.75 Å². The molecular formula is C21H34N2O. The first-order valence-corrected chi connectivity index (χ1v) is 10.0. The van der Waals surface area contributed by atoms with E-state index in [1.54, 1.807) is 0 Å². The Hall–Kier alpha value is -1.22. The van der Waals surface area contributed by atoms with Crippen molar-refractivity contribution in [3.05, 3.63) is 24.3 Å². The second-order valence-electron chi connectivity index (χ2n) is 7.54. The summed E-state index contributed by atoms with van der Waals surface area (Å²) < 4.78 is 5.97. The summed E-state index contributed by atoms with van der Waals surface area (Å²) in [5.74, 6) is 2.71. The van der Waals surface area contributed by atoms with E-state index >= 15 is 0 Å². The number of nitrogens with zero attached hydrogens (tertiary/aromatic N) is 1. The molecule has 1 saturated carbocycles. The van der Waals surface area contributed by atoms with Crippen molar-refractivity contribution in [2.45, 2.75) is 51.9 Å². The van der Waals surface area contributed by atoms with Crippen LogP contribution in [0.1, 0.15) is 51.9 Å². The molecule has 0 bridgehead atoms. The summed E-state index contributed by atoms with van der Waals surface area (Å²) in [5, 5.41) is 3.47. The molecule has 1 heterocycles. The van der Waals surface area contributed by atoms with Crippen molar-refractivity contribution in [3.8, 4) is 5.75 Å². The molecule has 1 N–H and O–H groups in total. The minimum atomic E-state index is 0.788. The Bertz CT molecular complexity index is 467. The number of benzene rings is 1. The summed E-state index contributed by atoms with van der Waals surface area (Å²) in [5.41, 5.74) is 1.34. The Morgan fingerprint density at radius 1 is 1.04 bits per heavy atom. The van der Waals surface area contributed by atoms with E-state index in [0.29, 0.717) is 0 Å². The molecule has 3 nitrogen and oxygen atoms in total. The quantitative estimate of drug-likeness (QED) is 0.761. The molecule has 1 atom stereocenters. The molecule has 134 valence electrons. The van der Waals surface area contributed by atoms with Gasteiger partial charge in [0.05, 0.1) is 6.61 Å². The van der Waals surface area contributed by atoms with Crippen LogP contribution < -0.4 is 15.0 Å². The Labute approximate surface area is 147 Å². The lowest BCUT2D eigenvalue weighted by atomic mass is 9.87. The lowest BCUT2D eigenvalue weighted by Gasteiger charge is -2.21. The van der Waals surface area contributed by atoms with Crippen molar-refractivity contribution in [3.63, 3.8) is 0 Å². The molecule has 3 rings (SSSR count). The fourth-order valence-corrected chi connectivity index (χ4v) is 4.15. The van der Waals surface area contributed by atoms with E-state index in [9.17, 15) is 0 Å². The number of hydrogen-bond donors (Lipinski definition) is 1. The first kappa shape index (κ1) is 17.6. The predicted molar refractivity (Wildman–Crippen MR) is 102 cm³/mol. The largest absolute Gasteiger partial charge is 0.494 e. The maximum atomic E-state index is 5.97. The van der Waals surface area contributed by atoms with Crippen LogP contribution in [0.15, 0.2) is 24.3 Å². The minimum absolute atomic E-state index is 0.788. The van der Waals surface area contributed by atoms with Crippen LogP contribution in [0, 0.1) is 11.8 Å². The van der Waals surface area contributed by atoms with Crippen LogP contribution in [-0.2, 0) is 0 Å². The molecule has 1 aromatic rings. The molecule has 24 heavy (non-hydrogen) atoms. The Morgan fingerprint density at radius 2 is 1.83 bits per heavy atom. The predicted octanol–water partition coefficient (Wildman–Crippen LogP) is 4.47. The number of anilines is 1. The van der Waals surface area contributed by atoms with Gasteiger partial charge in [0.2, 0.25) is 0 Å². The zero-order valence-corrected chi connectivity index (χ0v) is 15.3. The third kappa shape index (κ3) is 5.14. The fourth-order valence-electron chi connectivity index (χ4n) is 4.15. The molecule has 0 aromatic heterocycles. The summed E-state index contributed by atoms with van der Waals surface area (Å²) in [6.45, 7) is 7.63. The average Bonchev–Trinajstić information content (AvgIpc) is 3.10. The summed E-state index contributed by atoms with van der Waals surface area (Å²) in [7, 11) is 0. The van der Waals surface area contributed by atoms with Crippen LogP contribution in [0.4, 0.5) is 5.69 Å². The van der Waals surface area contributed by atoms with E-state index in [0.717, 1.165) is 37.3 Å². The topological polar surface area (TPSA) is 24.5 Å². The van der Waals surface area contributed by atoms with Gasteiger partial charge in [-0.3, -0.25) is 0 Å². The standard InChI is InChI=1S/C21H34N2O/c1-2-22-16-19-12-14-23(17-19)20-8-10-21(11-9-20)24-15-13-18-6-4-3-5-7-18/h8-11,18-19,22H,2-7,12-17H2,1H3. The molecule has 1 aromatic carbocycles. The van der Waals surface area contributed by atoms with Crippen LogP contribution in [0.2, 0.25) is 0 Å². The summed E-state index contributed by atoms with van der Waals surface area (Å²) in [6.07, 6.45) is 9.61. The lowest BCUT2D eigenvalue weighted by molar-refractivity contribution is 0.246. The Kier molecular flexibility index (Phi) is 6.83. The van der Waals surface area contributed by atoms with Crippen LogP contribution in [0.5, 0.6) is 5.75 Å². The van der Waals surface area contributed by atoms with Gasteiger partial charge in [-0.2, -0.15) is 0 Å². The van der Waals surface area contributed by atoms with E-state index in [4.69, 9.17) is 4.74 Å². The van der Waals surface area contributed by atoms with Gasteiger partial charge in [-0.05, 0) is 62.0 Å². The number of rotatable bonds is 8.